The Morgan fingerprint density at radius 3 is 2.80 bits per heavy atom. The maximum Gasteiger partial charge on any atom is 0.217 e. The highest BCUT2D eigenvalue weighted by molar-refractivity contribution is 6.29. The van der Waals surface area contributed by atoms with Gasteiger partial charge in [-0.15, -0.1) is 5.10 Å². The Kier molecular flexibility index (Phi) is 4.59. The molecule has 0 bridgehead atoms. The van der Waals surface area contributed by atoms with Crippen LogP contribution in [0, 0.1) is 0 Å². The molecule has 3 aromatic heterocycles. The van der Waals surface area contributed by atoms with E-state index in [2.05, 4.69) is 21.8 Å². The first-order valence-electron chi connectivity index (χ1n) is 8.48. The van der Waals surface area contributed by atoms with E-state index in [9.17, 15) is 0 Å². The molecule has 4 heterocycles. The minimum Gasteiger partial charge on any atom is -0.461 e. The van der Waals surface area contributed by atoms with Gasteiger partial charge in [0.05, 0.1) is 12.3 Å². The molecule has 1 saturated heterocycles. The SMILES string of the molecule is CN1CCC(n2nc(-c3ccco3)nc2CCc2cc(Cl)no2)CC1. The van der Waals surface area contributed by atoms with Crippen molar-refractivity contribution in [2.75, 3.05) is 20.1 Å². The summed E-state index contributed by atoms with van der Waals surface area (Å²) in [5.41, 5.74) is 0. The molecule has 0 unspecified atom stereocenters. The number of aromatic nitrogens is 4. The van der Waals surface area contributed by atoms with Gasteiger partial charge < -0.3 is 13.8 Å². The summed E-state index contributed by atoms with van der Waals surface area (Å²) in [7, 11) is 2.15. The molecule has 132 valence electrons. The number of nitrogens with zero attached hydrogens (tertiary/aromatic N) is 5. The molecule has 0 aliphatic carbocycles. The first kappa shape index (κ1) is 16.4. The maximum absolute atomic E-state index is 5.83. The second kappa shape index (κ2) is 7.01. The van der Waals surface area contributed by atoms with E-state index in [-0.39, 0.29) is 0 Å². The average Bonchev–Trinajstić information content (AvgIpc) is 3.34. The lowest BCUT2D eigenvalue weighted by molar-refractivity contribution is 0.209. The van der Waals surface area contributed by atoms with Gasteiger partial charge in [0.1, 0.15) is 11.6 Å². The first-order chi connectivity index (χ1) is 12.2. The molecule has 0 saturated carbocycles. The molecule has 25 heavy (non-hydrogen) atoms. The number of likely N-dealkylation sites (tertiary alicyclic amines) is 1. The molecule has 0 amide bonds. The molecule has 8 heteroatoms. The van der Waals surface area contributed by atoms with Crippen molar-refractivity contribution in [2.45, 2.75) is 31.7 Å². The summed E-state index contributed by atoms with van der Waals surface area (Å²) in [5, 5.41) is 8.84. The van der Waals surface area contributed by atoms with Gasteiger partial charge in [0, 0.05) is 18.9 Å². The minimum atomic E-state index is 0.362. The Morgan fingerprint density at radius 1 is 1.28 bits per heavy atom. The van der Waals surface area contributed by atoms with Crippen LogP contribution in [0.2, 0.25) is 5.15 Å². The molecule has 0 radical (unpaired) electrons. The molecule has 0 N–H and O–H groups in total. The van der Waals surface area contributed by atoms with E-state index in [1.807, 2.05) is 12.1 Å². The molecule has 0 spiro atoms. The van der Waals surface area contributed by atoms with E-state index >= 15 is 0 Å². The van der Waals surface area contributed by atoms with Crippen molar-refractivity contribution in [2.24, 2.45) is 0 Å². The zero-order chi connectivity index (χ0) is 17.2. The Bertz CT molecular complexity index is 818. The van der Waals surface area contributed by atoms with Crippen molar-refractivity contribution in [3.05, 3.63) is 41.2 Å². The standard InChI is InChI=1S/C17H20ClN5O2/c1-22-8-6-12(7-9-22)23-16(5-4-13-11-15(18)21-25-13)19-17(20-23)14-3-2-10-24-14/h2-3,10-12H,4-9H2,1H3. The van der Waals surface area contributed by atoms with E-state index in [0.717, 1.165) is 37.5 Å². The van der Waals surface area contributed by atoms with Gasteiger partial charge in [0.2, 0.25) is 5.82 Å². The molecule has 1 aliphatic heterocycles. The van der Waals surface area contributed by atoms with Crippen LogP contribution in [0.3, 0.4) is 0 Å². The summed E-state index contributed by atoms with van der Waals surface area (Å²) in [6.07, 6.45) is 5.17. The van der Waals surface area contributed by atoms with Crippen molar-refractivity contribution in [1.29, 1.82) is 0 Å². The van der Waals surface area contributed by atoms with E-state index in [0.29, 0.717) is 35.6 Å². The third kappa shape index (κ3) is 3.62. The minimum absolute atomic E-state index is 0.362. The van der Waals surface area contributed by atoms with Gasteiger partial charge >= 0.3 is 0 Å². The zero-order valence-electron chi connectivity index (χ0n) is 14.1. The monoisotopic (exact) mass is 361 g/mol. The third-order valence-corrected chi connectivity index (χ3v) is 4.78. The van der Waals surface area contributed by atoms with Gasteiger partial charge in [-0.25, -0.2) is 9.67 Å². The van der Waals surface area contributed by atoms with Crippen LogP contribution >= 0.6 is 11.6 Å². The predicted octanol–water partition coefficient (Wildman–Crippen LogP) is 3.23. The number of hydrogen-bond donors (Lipinski definition) is 0. The lowest BCUT2D eigenvalue weighted by atomic mass is 10.1. The Labute approximate surface area is 150 Å². The smallest absolute Gasteiger partial charge is 0.217 e. The summed E-state index contributed by atoms with van der Waals surface area (Å²) in [6.45, 7) is 2.13. The van der Waals surface area contributed by atoms with Crippen molar-refractivity contribution in [3.63, 3.8) is 0 Å². The molecule has 0 atom stereocenters. The highest BCUT2D eigenvalue weighted by Crippen LogP contribution is 2.26. The zero-order valence-corrected chi connectivity index (χ0v) is 14.8. The fourth-order valence-electron chi connectivity index (χ4n) is 3.21. The topological polar surface area (TPSA) is 73.1 Å². The van der Waals surface area contributed by atoms with Crippen LogP contribution in [0.1, 0.15) is 30.5 Å². The van der Waals surface area contributed by atoms with E-state index in [4.69, 9.17) is 30.6 Å². The number of hydrogen-bond acceptors (Lipinski definition) is 6. The van der Waals surface area contributed by atoms with Crippen molar-refractivity contribution in [1.82, 2.24) is 24.8 Å². The average molecular weight is 362 g/mol. The van der Waals surface area contributed by atoms with Crippen molar-refractivity contribution >= 4 is 11.6 Å². The van der Waals surface area contributed by atoms with E-state index in [1.165, 1.54) is 0 Å². The van der Waals surface area contributed by atoms with Gasteiger partial charge in [-0.1, -0.05) is 16.8 Å². The van der Waals surface area contributed by atoms with Crippen LogP contribution in [0.4, 0.5) is 0 Å². The van der Waals surface area contributed by atoms with Crippen LogP contribution < -0.4 is 0 Å². The highest BCUT2D eigenvalue weighted by atomic mass is 35.5. The Balaban J connectivity index is 1.58. The number of aryl methyl sites for hydroxylation is 2. The van der Waals surface area contributed by atoms with Gasteiger partial charge in [-0.05, 0) is 45.1 Å². The van der Waals surface area contributed by atoms with Crippen LogP contribution in [-0.2, 0) is 12.8 Å². The van der Waals surface area contributed by atoms with E-state index < -0.39 is 0 Å². The fraction of sp³-hybridized carbons (Fsp3) is 0.471. The second-order valence-corrected chi connectivity index (χ2v) is 6.81. The first-order valence-corrected chi connectivity index (χ1v) is 8.86. The molecule has 4 rings (SSSR count). The number of furan rings is 1. The van der Waals surface area contributed by atoms with E-state index in [1.54, 1.807) is 12.3 Å². The predicted molar refractivity (Wildman–Crippen MR) is 92.4 cm³/mol. The largest absolute Gasteiger partial charge is 0.461 e. The fourth-order valence-corrected chi connectivity index (χ4v) is 3.36. The number of piperidine rings is 1. The number of rotatable bonds is 5. The molecular formula is C17H20ClN5O2. The highest BCUT2D eigenvalue weighted by Gasteiger charge is 2.24. The second-order valence-electron chi connectivity index (χ2n) is 6.42. The van der Waals surface area contributed by atoms with Gasteiger partial charge in [-0.3, -0.25) is 0 Å². The van der Waals surface area contributed by atoms with Gasteiger partial charge in [0.15, 0.2) is 10.9 Å². The lowest BCUT2D eigenvalue weighted by Gasteiger charge is -2.29. The summed E-state index contributed by atoms with van der Waals surface area (Å²) in [6, 6.07) is 5.84. The molecule has 7 nitrogen and oxygen atoms in total. The Morgan fingerprint density at radius 2 is 2.12 bits per heavy atom. The molecule has 1 aliphatic rings. The van der Waals surface area contributed by atoms with Crippen molar-refractivity contribution < 1.29 is 8.94 Å². The number of halogens is 1. The normalized spacial score (nSPS) is 16.6. The maximum atomic E-state index is 5.83. The summed E-state index contributed by atoms with van der Waals surface area (Å²) in [5.74, 6) is 3.01. The van der Waals surface area contributed by atoms with Crippen LogP contribution in [0.25, 0.3) is 11.6 Å². The van der Waals surface area contributed by atoms with Gasteiger partial charge in [-0.2, -0.15) is 0 Å². The van der Waals surface area contributed by atoms with Gasteiger partial charge in [0.25, 0.3) is 0 Å². The van der Waals surface area contributed by atoms with Crippen LogP contribution in [0.15, 0.2) is 33.4 Å². The lowest BCUT2D eigenvalue weighted by Crippen LogP contribution is -2.32. The summed E-state index contributed by atoms with van der Waals surface area (Å²) < 4.78 is 12.7. The van der Waals surface area contributed by atoms with Crippen molar-refractivity contribution in [3.8, 4) is 11.6 Å². The van der Waals surface area contributed by atoms with Crippen LogP contribution in [0.5, 0.6) is 0 Å². The molecule has 1 fully saturated rings. The quantitative estimate of drug-likeness (QED) is 0.694. The Hall–Kier alpha value is -2.12. The summed E-state index contributed by atoms with van der Waals surface area (Å²) in [4.78, 5) is 7.06. The van der Waals surface area contributed by atoms with Crippen LogP contribution in [-0.4, -0.2) is 45.0 Å². The third-order valence-electron chi connectivity index (χ3n) is 4.60. The summed E-state index contributed by atoms with van der Waals surface area (Å²) >= 11 is 5.83. The molecule has 0 aromatic carbocycles. The molecule has 3 aromatic rings. The molecular weight excluding hydrogens is 342 g/mol.